The van der Waals surface area contributed by atoms with Crippen LogP contribution in [0, 0.1) is 10.8 Å². The van der Waals surface area contributed by atoms with Crippen LogP contribution < -0.4 is 0 Å². The van der Waals surface area contributed by atoms with E-state index in [0.717, 1.165) is 31.2 Å². The molecule has 1 aromatic carbocycles. The normalized spacial score (nSPS) is 20.1. The number of aliphatic hydroxyl groups is 1. The molecule has 124 valence electrons. The van der Waals surface area contributed by atoms with Crippen LogP contribution >= 0.6 is 0 Å². The zero-order chi connectivity index (χ0) is 16.6. The zero-order valence-corrected chi connectivity index (χ0v) is 15.4. The summed E-state index contributed by atoms with van der Waals surface area (Å²) in [4.78, 5) is 0. The molecule has 1 saturated carbocycles. The fourth-order valence-electron chi connectivity index (χ4n) is 3.81. The first kappa shape index (κ1) is 17.5. The Morgan fingerprint density at radius 1 is 0.955 bits per heavy atom. The highest BCUT2D eigenvalue weighted by atomic mass is 16.3. The van der Waals surface area contributed by atoms with Gasteiger partial charge in [-0.05, 0) is 47.1 Å². The van der Waals surface area contributed by atoms with Crippen molar-refractivity contribution in [3.8, 4) is 0 Å². The Bertz CT molecular complexity index is 478. The van der Waals surface area contributed by atoms with E-state index in [9.17, 15) is 5.11 Å². The molecule has 1 heteroatoms. The average molecular weight is 303 g/mol. The summed E-state index contributed by atoms with van der Waals surface area (Å²) in [5.74, 6) is 0.541. The summed E-state index contributed by atoms with van der Waals surface area (Å²) in [5, 5.41) is 10.7. The fraction of sp³-hybridized carbons (Fsp3) is 0.714. The lowest BCUT2D eigenvalue weighted by atomic mass is 9.69. The first-order chi connectivity index (χ1) is 10.0. The van der Waals surface area contributed by atoms with Crippen LogP contribution in [0.2, 0.25) is 0 Å². The molecular formula is C21H34O. The van der Waals surface area contributed by atoms with Crippen LogP contribution in [-0.2, 0) is 5.60 Å². The minimum Gasteiger partial charge on any atom is -0.385 e. The first-order valence-electron chi connectivity index (χ1n) is 8.84. The third-order valence-electron chi connectivity index (χ3n) is 5.14. The first-order valence-corrected chi connectivity index (χ1v) is 8.84. The molecule has 1 nitrogen and oxygen atoms in total. The van der Waals surface area contributed by atoms with E-state index in [2.05, 4.69) is 65.8 Å². The highest BCUT2D eigenvalue weighted by Crippen LogP contribution is 2.44. The van der Waals surface area contributed by atoms with Crippen LogP contribution in [0.5, 0.6) is 0 Å². The van der Waals surface area contributed by atoms with Crippen molar-refractivity contribution in [2.45, 2.75) is 85.2 Å². The van der Waals surface area contributed by atoms with Gasteiger partial charge in [0, 0.05) is 0 Å². The highest BCUT2D eigenvalue weighted by molar-refractivity contribution is 5.31. The molecule has 0 radical (unpaired) electrons. The topological polar surface area (TPSA) is 20.2 Å². The lowest BCUT2D eigenvalue weighted by molar-refractivity contribution is 0.0444. The van der Waals surface area contributed by atoms with E-state index >= 15 is 0 Å². The molecule has 1 N–H and O–H groups in total. The molecule has 1 aromatic rings. The molecule has 0 bridgehead atoms. The molecule has 1 aliphatic carbocycles. The van der Waals surface area contributed by atoms with Gasteiger partial charge in [0.25, 0.3) is 0 Å². The van der Waals surface area contributed by atoms with E-state index in [-0.39, 0.29) is 5.41 Å². The fourth-order valence-corrected chi connectivity index (χ4v) is 3.81. The van der Waals surface area contributed by atoms with Gasteiger partial charge in [0.1, 0.15) is 0 Å². The van der Waals surface area contributed by atoms with Crippen molar-refractivity contribution >= 4 is 0 Å². The van der Waals surface area contributed by atoms with Gasteiger partial charge in [-0.2, -0.15) is 0 Å². The third kappa shape index (κ3) is 4.13. The molecule has 0 aromatic heterocycles. The van der Waals surface area contributed by atoms with Crippen LogP contribution in [0.25, 0.3) is 0 Å². The maximum atomic E-state index is 10.7. The molecule has 0 spiro atoms. The Kier molecular flexibility index (Phi) is 4.78. The molecule has 0 amide bonds. The molecule has 0 saturated heterocycles. The maximum absolute atomic E-state index is 10.7. The minimum atomic E-state index is -0.570. The second-order valence-corrected chi connectivity index (χ2v) is 9.54. The van der Waals surface area contributed by atoms with Crippen LogP contribution in [0.15, 0.2) is 24.3 Å². The van der Waals surface area contributed by atoms with Crippen molar-refractivity contribution in [3.63, 3.8) is 0 Å². The Hall–Kier alpha value is -0.820. The number of rotatable bonds is 3. The van der Waals surface area contributed by atoms with Gasteiger partial charge in [-0.3, -0.25) is 0 Å². The van der Waals surface area contributed by atoms with Crippen LogP contribution in [-0.4, -0.2) is 5.11 Å². The molecule has 1 fully saturated rings. The molecule has 22 heavy (non-hydrogen) atoms. The van der Waals surface area contributed by atoms with E-state index in [1.807, 2.05) is 0 Å². The Morgan fingerprint density at radius 2 is 1.45 bits per heavy atom. The second-order valence-electron chi connectivity index (χ2n) is 9.54. The van der Waals surface area contributed by atoms with Crippen LogP contribution in [0.1, 0.15) is 90.7 Å². The molecule has 1 atom stereocenters. The van der Waals surface area contributed by atoms with Gasteiger partial charge in [0.05, 0.1) is 5.60 Å². The summed E-state index contributed by atoms with van der Waals surface area (Å²) >= 11 is 0. The van der Waals surface area contributed by atoms with E-state index < -0.39 is 5.60 Å². The van der Waals surface area contributed by atoms with Gasteiger partial charge in [0.2, 0.25) is 0 Å². The monoisotopic (exact) mass is 302 g/mol. The Labute approximate surface area is 137 Å². The summed E-state index contributed by atoms with van der Waals surface area (Å²) in [6.07, 6.45) is 5.30. The Balaban J connectivity index is 2.26. The van der Waals surface area contributed by atoms with Gasteiger partial charge < -0.3 is 5.11 Å². The molecular weight excluding hydrogens is 268 g/mol. The van der Waals surface area contributed by atoms with E-state index in [1.54, 1.807) is 0 Å². The van der Waals surface area contributed by atoms with E-state index in [0.29, 0.717) is 11.3 Å². The predicted octanol–water partition coefficient (Wildman–Crippen LogP) is 6.01. The summed E-state index contributed by atoms with van der Waals surface area (Å²) < 4.78 is 0. The molecule has 2 rings (SSSR count). The molecule has 1 unspecified atom stereocenters. The molecule has 1 aliphatic rings. The van der Waals surface area contributed by atoms with E-state index in [4.69, 9.17) is 0 Å². The summed E-state index contributed by atoms with van der Waals surface area (Å²) in [7, 11) is 0. The van der Waals surface area contributed by atoms with E-state index in [1.165, 1.54) is 12.0 Å². The number of hydrogen-bond acceptors (Lipinski definition) is 1. The number of hydrogen-bond donors (Lipinski definition) is 1. The standard InChI is InChI=1S/C21H34O/c1-19(2,3)15-18(20(4,5)6)16-9-11-17(12-10-16)21(22)13-7-8-14-21/h9-12,18,22H,7-8,13-15H2,1-6H3. The highest BCUT2D eigenvalue weighted by Gasteiger charge is 2.34. The molecule has 0 heterocycles. The number of benzene rings is 1. The zero-order valence-electron chi connectivity index (χ0n) is 15.4. The van der Waals surface area contributed by atoms with Gasteiger partial charge in [-0.1, -0.05) is 78.6 Å². The van der Waals surface area contributed by atoms with Crippen LogP contribution in [0.4, 0.5) is 0 Å². The predicted molar refractivity (Wildman–Crippen MR) is 95.1 cm³/mol. The van der Waals surface area contributed by atoms with Gasteiger partial charge in [0.15, 0.2) is 0 Å². The van der Waals surface area contributed by atoms with Gasteiger partial charge in [-0.25, -0.2) is 0 Å². The van der Waals surface area contributed by atoms with Crippen LogP contribution in [0.3, 0.4) is 0 Å². The summed E-state index contributed by atoms with van der Waals surface area (Å²) in [6, 6.07) is 8.85. The summed E-state index contributed by atoms with van der Waals surface area (Å²) in [5.41, 5.74) is 2.52. The third-order valence-corrected chi connectivity index (χ3v) is 5.14. The largest absolute Gasteiger partial charge is 0.385 e. The average Bonchev–Trinajstić information content (AvgIpc) is 2.82. The maximum Gasteiger partial charge on any atom is 0.0896 e. The molecule has 0 aliphatic heterocycles. The lowest BCUT2D eigenvalue weighted by Gasteiger charge is -2.36. The van der Waals surface area contributed by atoms with Crippen molar-refractivity contribution in [2.24, 2.45) is 10.8 Å². The minimum absolute atomic E-state index is 0.249. The smallest absolute Gasteiger partial charge is 0.0896 e. The quantitative estimate of drug-likeness (QED) is 0.724. The van der Waals surface area contributed by atoms with Crippen molar-refractivity contribution in [2.75, 3.05) is 0 Å². The SMILES string of the molecule is CC(C)(C)CC(c1ccc(C2(O)CCCC2)cc1)C(C)(C)C. The lowest BCUT2D eigenvalue weighted by Crippen LogP contribution is -2.24. The van der Waals surface area contributed by atoms with Crippen molar-refractivity contribution < 1.29 is 5.11 Å². The Morgan fingerprint density at radius 3 is 1.86 bits per heavy atom. The van der Waals surface area contributed by atoms with Crippen molar-refractivity contribution in [1.82, 2.24) is 0 Å². The summed E-state index contributed by atoms with van der Waals surface area (Å²) in [6.45, 7) is 14.0. The second kappa shape index (κ2) is 6.00. The van der Waals surface area contributed by atoms with Gasteiger partial charge in [-0.15, -0.1) is 0 Å². The van der Waals surface area contributed by atoms with Gasteiger partial charge >= 0.3 is 0 Å². The van der Waals surface area contributed by atoms with Crippen molar-refractivity contribution in [1.29, 1.82) is 0 Å². The van der Waals surface area contributed by atoms with Crippen molar-refractivity contribution in [3.05, 3.63) is 35.4 Å².